The van der Waals surface area contributed by atoms with Crippen LogP contribution in [0.4, 0.5) is 0 Å². The second-order valence-electron chi connectivity index (χ2n) is 6.03. The Kier molecular flexibility index (Phi) is 6.45. The van der Waals surface area contributed by atoms with Crippen LogP contribution in [0.2, 0.25) is 5.02 Å². The summed E-state index contributed by atoms with van der Waals surface area (Å²) in [4.78, 5) is 17.6. The van der Waals surface area contributed by atoms with E-state index < -0.39 is 5.97 Å². The molecule has 0 spiro atoms. The van der Waals surface area contributed by atoms with E-state index in [1.54, 1.807) is 36.1 Å². The molecule has 3 aromatic rings. The van der Waals surface area contributed by atoms with E-state index in [2.05, 4.69) is 10.3 Å². The van der Waals surface area contributed by atoms with Gasteiger partial charge in [0, 0.05) is 5.02 Å². The van der Waals surface area contributed by atoms with Gasteiger partial charge < -0.3 is 9.57 Å². The average molecular weight is 398 g/mol. The van der Waals surface area contributed by atoms with Crippen molar-refractivity contribution in [1.29, 1.82) is 0 Å². The van der Waals surface area contributed by atoms with Crippen molar-refractivity contribution in [2.45, 2.75) is 19.8 Å². The zero-order chi connectivity index (χ0) is 19.9. The molecule has 0 N–H and O–H groups in total. The van der Waals surface area contributed by atoms with Gasteiger partial charge in [-0.2, -0.15) is 5.10 Å². The molecular weight excluding hydrogens is 378 g/mol. The summed E-state index contributed by atoms with van der Waals surface area (Å²) in [6, 6.07) is 14.5. The molecule has 0 saturated heterocycles. The van der Waals surface area contributed by atoms with Crippen molar-refractivity contribution in [3.8, 4) is 11.4 Å². The first-order valence-electron chi connectivity index (χ1n) is 8.84. The Morgan fingerprint density at radius 1 is 1.18 bits per heavy atom. The van der Waals surface area contributed by atoms with Gasteiger partial charge in [0.15, 0.2) is 0 Å². The first-order valence-corrected chi connectivity index (χ1v) is 9.21. The molecule has 3 rings (SSSR count). The van der Waals surface area contributed by atoms with Crippen molar-refractivity contribution < 1.29 is 14.4 Å². The first kappa shape index (κ1) is 19.6. The number of halogens is 1. The van der Waals surface area contributed by atoms with Gasteiger partial charge in [-0.15, -0.1) is 0 Å². The minimum absolute atomic E-state index is 0.392. The third-order valence-corrected chi connectivity index (χ3v) is 4.35. The van der Waals surface area contributed by atoms with Crippen LogP contribution in [0.1, 0.15) is 35.0 Å². The molecule has 0 aliphatic rings. The van der Waals surface area contributed by atoms with Gasteiger partial charge in [-0.3, -0.25) is 0 Å². The fourth-order valence-electron chi connectivity index (χ4n) is 2.70. The molecule has 1 heterocycles. The first-order chi connectivity index (χ1) is 13.6. The molecule has 0 unspecified atom stereocenters. The van der Waals surface area contributed by atoms with E-state index in [9.17, 15) is 4.79 Å². The number of nitrogens with zero attached hydrogens (tertiary/aromatic N) is 3. The van der Waals surface area contributed by atoms with Crippen molar-refractivity contribution in [3.05, 3.63) is 76.6 Å². The van der Waals surface area contributed by atoms with E-state index in [-0.39, 0.29) is 0 Å². The Hall–Kier alpha value is -3.12. The van der Waals surface area contributed by atoms with E-state index in [1.807, 2.05) is 31.2 Å². The topological polar surface area (TPSA) is 65.7 Å². The predicted molar refractivity (Wildman–Crippen MR) is 109 cm³/mol. The van der Waals surface area contributed by atoms with Crippen LogP contribution in [0.5, 0.6) is 5.75 Å². The van der Waals surface area contributed by atoms with E-state index in [1.165, 1.54) is 12.4 Å². The third kappa shape index (κ3) is 4.58. The van der Waals surface area contributed by atoms with Crippen LogP contribution in [0.3, 0.4) is 0 Å². The molecular formula is C21H20ClN3O3. The van der Waals surface area contributed by atoms with Crippen molar-refractivity contribution in [2.24, 2.45) is 5.16 Å². The normalized spacial score (nSPS) is 11.0. The molecule has 7 heteroatoms. The number of carbonyl (C=O) groups excluding carboxylic acids is 1. The van der Waals surface area contributed by atoms with E-state index in [0.717, 1.165) is 29.1 Å². The Labute approximate surface area is 168 Å². The number of rotatable bonds is 7. The molecule has 0 amide bonds. The van der Waals surface area contributed by atoms with Gasteiger partial charge in [0.05, 0.1) is 30.9 Å². The van der Waals surface area contributed by atoms with Gasteiger partial charge >= 0.3 is 5.97 Å². The standard InChI is InChI=1S/C21H20ClN3O3/c1-3-4-20-19(14-23-25(20)17-9-7-16(22)8-10-17)21(26)28-24-13-15-5-11-18(27-2)12-6-15/h5-14H,3-4H2,1-2H3/b24-13+. The maximum Gasteiger partial charge on any atom is 0.369 e. The Bertz CT molecular complexity index is 964. The molecule has 0 saturated carbocycles. The lowest BCUT2D eigenvalue weighted by Gasteiger charge is -2.08. The number of oxime groups is 1. The summed E-state index contributed by atoms with van der Waals surface area (Å²) in [5.74, 6) is 0.196. The predicted octanol–water partition coefficient (Wildman–Crippen LogP) is 4.68. The van der Waals surface area contributed by atoms with Gasteiger partial charge in [-0.05, 0) is 60.5 Å². The van der Waals surface area contributed by atoms with Crippen LogP contribution in [0.25, 0.3) is 5.69 Å². The largest absolute Gasteiger partial charge is 0.497 e. The van der Waals surface area contributed by atoms with Crippen molar-refractivity contribution >= 4 is 23.8 Å². The minimum Gasteiger partial charge on any atom is -0.497 e. The van der Waals surface area contributed by atoms with Gasteiger partial charge in [0.25, 0.3) is 0 Å². The number of carbonyl (C=O) groups is 1. The molecule has 0 atom stereocenters. The highest BCUT2D eigenvalue weighted by Crippen LogP contribution is 2.20. The summed E-state index contributed by atoms with van der Waals surface area (Å²) in [5.41, 5.74) is 2.78. The second-order valence-corrected chi connectivity index (χ2v) is 6.47. The van der Waals surface area contributed by atoms with Gasteiger partial charge in [0.1, 0.15) is 11.3 Å². The Balaban J connectivity index is 1.77. The molecule has 6 nitrogen and oxygen atoms in total. The Morgan fingerprint density at radius 3 is 2.54 bits per heavy atom. The van der Waals surface area contributed by atoms with Crippen molar-refractivity contribution in [1.82, 2.24) is 9.78 Å². The van der Waals surface area contributed by atoms with Crippen LogP contribution in [-0.2, 0) is 11.3 Å². The van der Waals surface area contributed by atoms with Crippen LogP contribution in [0.15, 0.2) is 59.9 Å². The fraction of sp³-hybridized carbons (Fsp3) is 0.190. The van der Waals surface area contributed by atoms with Gasteiger partial charge in [-0.1, -0.05) is 30.1 Å². The molecule has 144 valence electrons. The second kappa shape index (κ2) is 9.19. The number of methoxy groups -OCH3 is 1. The van der Waals surface area contributed by atoms with Crippen molar-refractivity contribution in [2.75, 3.05) is 7.11 Å². The molecule has 0 radical (unpaired) electrons. The maximum absolute atomic E-state index is 12.5. The number of aromatic nitrogens is 2. The molecule has 1 aromatic heterocycles. The summed E-state index contributed by atoms with van der Waals surface area (Å²) >= 11 is 5.95. The van der Waals surface area contributed by atoms with E-state index in [0.29, 0.717) is 17.0 Å². The highest BCUT2D eigenvalue weighted by molar-refractivity contribution is 6.30. The van der Waals surface area contributed by atoms with Crippen LogP contribution >= 0.6 is 11.6 Å². The van der Waals surface area contributed by atoms with E-state index >= 15 is 0 Å². The molecule has 2 aromatic carbocycles. The number of benzene rings is 2. The minimum atomic E-state index is -0.548. The highest BCUT2D eigenvalue weighted by Gasteiger charge is 2.19. The summed E-state index contributed by atoms with van der Waals surface area (Å²) in [7, 11) is 1.60. The van der Waals surface area contributed by atoms with Crippen LogP contribution in [-0.4, -0.2) is 29.1 Å². The smallest absolute Gasteiger partial charge is 0.369 e. The SMILES string of the molecule is CCCc1c(C(=O)O/N=C/c2ccc(OC)cc2)cnn1-c1ccc(Cl)cc1. The lowest BCUT2D eigenvalue weighted by Crippen LogP contribution is -2.08. The fourth-order valence-corrected chi connectivity index (χ4v) is 2.83. The maximum atomic E-state index is 12.5. The van der Waals surface area contributed by atoms with Crippen LogP contribution in [0, 0.1) is 0 Å². The monoisotopic (exact) mass is 397 g/mol. The van der Waals surface area contributed by atoms with E-state index in [4.69, 9.17) is 21.2 Å². The third-order valence-electron chi connectivity index (χ3n) is 4.10. The van der Waals surface area contributed by atoms with Gasteiger partial charge in [0.2, 0.25) is 0 Å². The summed E-state index contributed by atoms with van der Waals surface area (Å²) < 4.78 is 6.83. The molecule has 0 aliphatic heterocycles. The molecule has 28 heavy (non-hydrogen) atoms. The lowest BCUT2D eigenvalue weighted by atomic mass is 10.1. The summed E-state index contributed by atoms with van der Waals surface area (Å²) in [5, 5.41) is 8.79. The number of hydrogen-bond acceptors (Lipinski definition) is 5. The highest BCUT2D eigenvalue weighted by atomic mass is 35.5. The summed E-state index contributed by atoms with van der Waals surface area (Å²) in [6.45, 7) is 2.04. The Morgan fingerprint density at radius 2 is 1.89 bits per heavy atom. The van der Waals surface area contributed by atoms with Crippen LogP contribution < -0.4 is 4.74 Å². The van der Waals surface area contributed by atoms with Gasteiger partial charge in [-0.25, -0.2) is 9.48 Å². The zero-order valence-electron chi connectivity index (χ0n) is 15.6. The number of hydrogen-bond donors (Lipinski definition) is 0. The molecule has 0 bridgehead atoms. The number of ether oxygens (including phenoxy) is 1. The zero-order valence-corrected chi connectivity index (χ0v) is 16.4. The quantitative estimate of drug-likeness (QED) is 0.330. The summed E-state index contributed by atoms with van der Waals surface area (Å²) in [6.07, 6.45) is 4.51. The average Bonchev–Trinajstić information content (AvgIpc) is 3.13. The van der Waals surface area contributed by atoms with Crippen molar-refractivity contribution in [3.63, 3.8) is 0 Å². The molecule has 0 fully saturated rings. The lowest BCUT2D eigenvalue weighted by molar-refractivity contribution is 0.0518. The molecule has 0 aliphatic carbocycles.